The minimum absolute atomic E-state index is 0.0630. The van der Waals surface area contributed by atoms with Gasteiger partial charge in [-0.2, -0.15) is 0 Å². The maximum Gasteiger partial charge on any atom is 0.264 e. The molecule has 2 unspecified atom stereocenters. The van der Waals surface area contributed by atoms with Crippen molar-refractivity contribution in [2.45, 2.75) is 43.5 Å². The minimum Gasteiger partial charge on any atom is -0.497 e. The zero-order valence-electron chi connectivity index (χ0n) is 18.2. The standard InChI is InChI=1S/C25H28N2O3S/c1-16-6-4-5-7-20(16)26-24(28)18-10-13-22-21(15-18)27(2)25(29)23(31-22)14-17-8-11-19(30-3)12-9-17/h8-16,20H,4-7H2,1-3H3,(H,26,28)/b23-14-. The van der Waals surface area contributed by atoms with Crippen LogP contribution in [0.3, 0.4) is 0 Å². The molecule has 1 heterocycles. The third-order valence-corrected chi connectivity index (χ3v) is 7.24. The van der Waals surface area contributed by atoms with Gasteiger partial charge in [-0.15, -0.1) is 0 Å². The van der Waals surface area contributed by atoms with Crippen LogP contribution in [0, 0.1) is 5.92 Å². The summed E-state index contributed by atoms with van der Waals surface area (Å²) >= 11 is 1.44. The van der Waals surface area contributed by atoms with Crippen LogP contribution in [-0.2, 0) is 4.79 Å². The molecule has 4 rings (SSSR count). The Morgan fingerprint density at radius 3 is 2.61 bits per heavy atom. The highest BCUT2D eigenvalue weighted by molar-refractivity contribution is 8.04. The summed E-state index contributed by atoms with van der Waals surface area (Å²) in [6, 6.07) is 13.4. The van der Waals surface area contributed by atoms with Gasteiger partial charge < -0.3 is 15.0 Å². The molecule has 1 N–H and O–H groups in total. The third-order valence-electron chi connectivity index (χ3n) is 6.16. The van der Waals surface area contributed by atoms with Gasteiger partial charge in [0.2, 0.25) is 0 Å². The van der Waals surface area contributed by atoms with Crippen LogP contribution in [0.4, 0.5) is 5.69 Å². The van der Waals surface area contributed by atoms with Crippen molar-refractivity contribution in [3.8, 4) is 5.75 Å². The van der Waals surface area contributed by atoms with E-state index < -0.39 is 0 Å². The first-order valence-corrected chi connectivity index (χ1v) is 11.5. The Morgan fingerprint density at radius 2 is 1.90 bits per heavy atom. The minimum atomic E-state index is -0.0771. The highest BCUT2D eigenvalue weighted by Gasteiger charge is 2.28. The summed E-state index contributed by atoms with van der Waals surface area (Å²) in [6.07, 6.45) is 6.48. The lowest BCUT2D eigenvalue weighted by Crippen LogP contribution is -2.41. The first-order valence-electron chi connectivity index (χ1n) is 10.7. The molecule has 162 valence electrons. The second kappa shape index (κ2) is 9.18. The number of nitrogens with zero attached hydrogens (tertiary/aromatic N) is 1. The number of ether oxygens (including phenoxy) is 1. The summed E-state index contributed by atoms with van der Waals surface area (Å²) in [7, 11) is 3.39. The van der Waals surface area contributed by atoms with E-state index in [1.807, 2.05) is 48.5 Å². The van der Waals surface area contributed by atoms with E-state index in [9.17, 15) is 9.59 Å². The molecule has 6 heteroatoms. The number of likely N-dealkylation sites (N-methyl/N-ethyl adjacent to an activating group) is 1. The van der Waals surface area contributed by atoms with Gasteiger partial charge in [0.15, 0.2) is 0 Å². The number of methoxy groups -OCH3 is 1. The van der Waals surface area contributed by atoms with Crippen molar-refractivity contribution in [1.29, 1.82) is 0 Å². The Hall–Kier alpha value is -2.73. The van der Waals surface area contributed by atoms with E-state index in [1.165, 1.54) is 18.2 Å². The quantitative estimate of drug-likeness (QED) is 0.677. The SMILES string of the molecule is COc1ccc(/C=C2\Sc3ccc(C(=O)NC4CCCCC4C)cc3N(C)C2=O)cc1. The van der Waals surface area contributed by atoms with Crippen LogP contribution >= 0.6 is 11.8 Å². The summed E-state index contributed by atoms with van der Waals surface area (Å²) < 4.78 is 5.19. The first kappa shape index (κ1) is 21.5. The third kappa shape index (κ3) is 4.64. The smallest absolute Gasteiger partial charge is 0.264 e. The van der Waals surface area contributed by atoms with Crippen molar-refractivity contribution in [2.24, 2.45) is 5.92 Å². The zero-order chi connectivity index (χ0) is 22.0. The molecule has 0 saturated heterocycles. The lowest BCUT2D eigenvalue weighted by molar-refractivity contribution is -0.114. The van der Waals surface area contributed by atoms with E-state index in [4.69, 9.17) is 4.74 Å². The number of hydrogen-bond acceptors (Lipinski definition) is 4. The molecule has 1 aliphatic carbocycles. The number of carbonyl (C=O) groups excluding carboxylic acids is 2. The number of amides is 2. The highest BCUT2D eigenvalue weighted by Crippen LogP contribution is 2.42. The molecular weight excluding hydrogens is 408 g/mol. The van der Waals surface area contributed by atoms with Crippen LogP contribution in [-0.4, -0.2) is 32.0 Å². The van der Waals surface area contributed by atoms with Crippen LogP contribution < -0.4 is 15.0 Å². The largest absolute Gasteiger partial charge is 0.497 e. The topological polar surface area (TPSA) is 58.6 Å². The van der Waals surface area contributed by atoms with Crippen molar-refractivity contribution >= 4 is 35.3 Å². The van der Waals surface area contributed by atoms with Crippen molar-refractivity contribution in [3.05, 3.63) is 58.5 Å². The Kier molecular flexibility index (Phi) is 6.37. The van der Waals surface area contributed by atoms with Crippen LogP contribution in [0.25, 0.3) is 6.08 Å². The van der Waals surface area contributed by atoms with E-state index in [1.54, 1.807) is 19.1 Å². The van der Waals surface area contributed by atoms with Crippen molar-refractivity contribution in [3.63, 3.8) is 0 Å². The van der Waals surface area contributed by atoms with Crippen LogP contribution in [0.5, 0.6) is 5.75 Å². The Balaban J connectivity index is 1.54. The van der Waals surface area contributed by atoms with Gasteiger partial charge >= 0.3 is 0 Å². The molecule has 0 bridgehead atoms. The molecule has 1 fully saturated rings. The summed E-state index contributed by atoms with van der Waals surface area (Å²) in [4.78, 5) is 29.1. The molecule has 0 spiro atoms. The fraction of sp³-hybridized carbons (Fsp3) is 0.360. The molecule has 1 saturated carbocycles. The lowest BCUT2D eigenvalue weighted by atomic mass is 9.86. The van der Waals surface area contributed by atoms with E-state index in [-0.39, 0.29) is 17.9 Å². The normalized spacial score (nSPS) is 22.2. The molecule has 0 radical (unpaired) electrons. The van der Waals surface area contributed by atoms with Gasteiger partial charge in [-0.05, 0) is 60.7 Å². The Labute approximate surface area is 187 Å². The van der Waals surface area contributed by atoms with E-state index >= 15 is 0 Å². The van der Waals surface area contributed by atoms with Crippen molar-refractivity contribution < 1.29 is 14.3 Å². The van der Waals surface area contributed by atoms with E-state index in [0.717, 1.165) is 41.2 Å². The predicted molar refractivity (Wildman–Crippen MR) is 126 cm³/mol. The molecule has 1 aliphatic heterocycles. The van der Waals surface area contributed by atoms with Crippen LogP contribution in [0.15, 0.2) is 52.3 Å². The predicted octanol–water partition coefficient (Wildman–Crippen LogP) is 5.11. The van der Waals surface area contributed by atoms with Crippen molar-refractivity contribution in [1.82, 2.24) is 5.32 Å². The molecular formula is C25H28N2O3S. The Bertz CT molecular complexity index is 1020. The van der Waals surface area contributed by atoms with Gasteiger partial charge in [-0.25, -0.2) is 0 Å². The van der Waals surface area contributed by atoms with Gasteiger partial charge in [-0.3, -0.25) is 9.59 Å². The number of thioether (sulfide) groups is 1. The monoisotopic (exact) mass is 436 g/mol. The van der Waals surface area contributed by atoms with Crippen molar-refractivity contribution in [2.75, 3.05) is 19.1 Å². The number of anilines is 1. The average molecular weight is 437 g/mol. The number of nitrogens with one attached hydrogen (secondary N) is 1. The molecule has 2 aliphatic rings. The molecule has 2 amide bonds. The van der Waals surface area contributed by atoms with Gasteiger partial charge in [0.1, 0.15) is 5.75 Å². The van der Waals surface area contributed by atoms with E-state index in [0.29, 0.717) is 16.4 Å². The number of hydrogen-bond donors (Lipinski definition) is 1. The first-order chi connectivity index (χ1) is 15.0. The summed E-state index contributed by atoms with van der Waals surface area (Å²) in [5.41, 5.74) is 2.30. The van der Waals surface area contributed by atoms with E-state index in [2.05, 4.69) is 12.2 Å². The summed E-state index contributed by atoms with van der Waals surface area (Å²) in [6.45, 7) is 2.21. The zero-order valence-corrected chi connectivity index (χ0v) is 19.0. The van der Waals surface area contributed by atoms with Crippen LogP contribution in [0.1, 0.15) is 48.5 Å². The molecule has 2 aromatic carbocycles. The van der Waals surface area contributed by atoms with Gasteiger partial charge in [0.25, 0.3) is 11.8 Å². The maximum atomic E-state index is 13.0. The maximum absolute atomic E-state index is 13.0. The van der Waals surface area contributed by atoms with Gasteiger partial charge in [0.05, 0.1) is 17.7 Å². The van der Waals surface area contributed by atoms with Gasteiger partial charge in [0, 0.05) is 23.5 Å². The molecule has 2 atom stereocenters. The second-order valence-electron chi connectivity index (χ2n) is 8.27. The number of carbonyl (C=O) groups is 2. The second-order valence-corrected chi connectivity index (χ2v) is 9.36. The van der Waals surface area contributed by atoms with Gasteiger partial charge in [-0.1, -0.05) is 43.7 Å². The Morgan fingerprint density at radius 1 is 1.16 bits per heavy atom. The lowest BCUT2D eigenvalue weighted by Gasteiger charge is -2.30. The number of fused-ring (bicyclic) bond motifs is 1. The highest BCUT2D eigenvalue weighted by atomic mass is 32.2. The molecule has 2 aromatic rings. The molecule has 31 heavy (non-hydrogen) atoms. The molecule has 0 aromatic heterocycles. The number of rotatable bonds is 4. The summed E-state index contributed by atoms with van der Waals surface area (Å²) in [5, 5.41) is 3.20. The number of benzene rings is 2. The van der Waals surface area contributed by atoms with Crippen LogP contribution in [0.2, 0.25) is 0 Å². The summed E-state index contributed by atoms with van der Waals surface area (Å²) in [5.74, 6) is 1.14. The fourth-order valence-corrected chi connectivity index (χ4v) is 5.26. The molecule has 5 nitrogen and oxygen atoms in total. The fourth-order valence-electron chi connectivity index (χ4n) is 4.17. The average Bonchev–Trinajstić information content (AvgIpc) is 2.79.